The zero-order valence-electron chi connectivity index (χ0n) is 9.33. The lowest BCUT2D eigenvalue weighted by Gasteiger charge is -2.26. The maximum absolute atomic E-state index is 13.8. The highest BCUT2D eigenvalue weighted by Crippen LogP contribution is 2.34. The van der Waals surface area contributed by atoms with Crippen LogP contribution in [0.2, 0.25) is 0 Å². The van der Waals surface area contributed by atoms with Crippen LogP contribution in [-0.4, -0.2) is 16.3 Å². The molecule has 1 aromatic carbocycles. The van der Waals surface area contributed by atoms with Gasteiger partial charge in [0.05, 0.1) is 16.7 Å². The molecular formula is C12H10BrF2N3. The van der Waals surface area contributed by atoms with Crippen LogP contribution in [0, 0.1) is 11.6 Å². The highest BCUT2D eigenvalue weighted by molar-refractivity contribution is 9.10. The minimum Gasteiger partial charge on any atom is -0.369 e. The largest absolute Gasteiger partial charge is 0.369 e. The average Bonchev–Trinajstić information content (AvgIpc) is 2.72. The molecule has 18 heavy (non-hydrogen) atoms. The molecule has 1 aromatic heterocycles. The topological polar surface area (TPSA) is 29.9 Å². The summed E-state index contributed by atoms with van der Waals surface area (Å²) < 4.78 is 29.3. The second kappa shape index (κ2) is 4.35. The van der Waals surface area contributed by atoms with Crippen LogP contribution in [0.25, 0.3) is 0 Å². The van der Waals surface area contributed by atoms with E-state index in [1.165, 1.54) is 12.1 Å². The van der Waals surface area contributed by atoms with E-state index < -0.39 is 11.6 Å². The Kier molecular flexibility index (Phi) is 2.81. The molecule has 0 bridgehead atoms. The van der Waals surface area contributed by atoms with Crippen molar-refractivity contribution in [2.24, 2.45) is 0 Å². The van der Waals surface area contributed by atoms with Gasteiger partial charge in [-0.15, -0.1) is 0 Å². The summed E-state index contributed by atoms with van der Waals surface area (Å²) in [6.45, 7) is 0.728. The summed E-state index contributed by atoms with van der Waals surface area (Å²) in [5.41, 5.74) is 0.467. The van der Waals surface area contributed by atoms with Crippen molar-refractivity contribution in [1.82, 2.24) is 9.78 Å². The molecule has 0 spiro atoms. The summed E-state index contributed by atoms with van der Waals surface area (Å²) in [5, 5.41) is 7.42. The van der Waals surface area contributed by atoms with Crippen molar-refractivity contribution in [3.8, 4) is 0 Å². The van der Waals surface area contributed by atoms with Crippen molar-refractivity contribution in [1.29, 1.82) is 0 Å². The zero-order chi connectivity index (χ0) is 12.7. The van der Waals surface area contributed by atoms with Crippen LogP contribution in [0.4, 0.5) is 14.6 Å². The molecule has 0 aliphatic carbocycles. The molecule has 2 heterocycles. The molecule has 94 valence electrons. The summed E-state index contributed by atoms with van der Waals surface area (Å²) in [7, 11) is 0. The standard InChI is InChI=1S/C12H10BrF2N3/c13-9-6-17-18-11(3-4-16-12(9)18)8-2-1-7(14)5-10(8)15/h1-2,5-6,11,16H,3-4H2. The van der Waals surface area contributed by atoms with Gasteiger partial charge >= 0.3 is 0 Å². The van der Waals surface area contributed by atoms with Gasteiger partial charge < -0.3 is 5.32 Å². The number of aromatic nitrogens is 2. The monoisotopic (exact) mass is 313 g/mol. The number of anilines is 1. The van der Waals surface area contributed by atoms with Gasteiger partial charge in [0.1, 0.15) is 17.5 Å². The highest BCUT2D eigenvalue weighted by atomic mass is 79.9. The van der Waals surface area contributed by atoms with E-state index in [0.717, 1.165) is 22.9 Å². The predicted molar refractivity (Wildman–Crippen MR) is 67.5 cm³/mol. The molecule has 0 radical (unpaired) electrons. The van der Waals surface area contributed by atoms with Crippen LogP contribution in [0.3, 0.4) is 0 Å². The lowest BCUT2D eigenvalue weighted by Crippen LogP contribution is -2.25. The van der Waals surface area contributed by atoms with Crippen LogP contribution < -0.4 is 5.32 Å². The van der Waals surface area contributed by atoms with E-state index in [1.54, 1.807) is 10.9 Å². The molecule has 0 saturated carbocycles. The molecule has 0 saturated heterocycles. The number of nitrogens with one attached hydrogen (secondary N) is 1. The van der Waals surface area contributed by atoms with Crippen LogP contribution in [-0.2, 0) is 0 Å². The van der Waals surface area contributed by atoms with Gasteiger partial charge in [0.2, 0.25) is 0 Å². The summed E-state index contributed by atoms with van der Waals surface area (Å²) >= 11 is 3.38. The van der Waals surface area contributed by atoms with Crippen molar-refractivity contribution in [2.45, 2.75) is 12.5 Å². The average molecular weight is 314 g/mol. The fourth-order valence-electron chi connectivity index (χ4n) is 2.25. The van der Waals surface area contributed by atoms with E-state index >= 15 is 0 Å². The smallest absolute Gasteiger partial charge is 0.139 e. The van der Waals surface area contributed by atoms with Crippen LogP contribution in [0.1, 0.15) is 18.0 Å². The number of nitrogens with zero attached hydrogens (tertiary/aromatic N) is 2. The van der Waals surface area contributed by atoms with Gasteiger partial charge in [-0.1, -0.05) is 6.07 Å². The van der Waals surface area contributed by atoms with Gasteiger partial charge in [-0.2, -0.15) is 5.10 Å². The van der Waals surface area contributed by atoms with Crippen LogP contribution in [0.15, 0.2) is 28.9 Å². The Labute approximate surface area is 111 Å². The first-order chi connectivity index (χ1) is 8.66. The highest BCUT2D eigenvalue weighted by Gasteiger charge is 2.25. The Balaban J connectivity index is 2.08. The van der Waals surface area contributed by atoms with Gasteiger partial charge in [0, 0.05) is 18.2 Å². The molecule has 0 amide bonds. The SMILES string of the molecule is Fc1ccc(C2CCNc3c(Br)cnn32)c(F)c1. The van der Waals surface area contributed by atoms with E-state index in [-0.39, 0.29) is 6.04 Å². The van der Waals surface area contributed by atoms with E-state index in [0.29, 0.717) is 12.0 Å². The molecule has 1 atom stereocenters. The Morgan fingerprint density at radius 1 is 1.39 bits per heavy atom. The number of benzene rings is 1. The van der Waals surface area contributed by atoms with Crippen molar-refractivity contribution in [2.75, 3.05) is 11.9 Å². The van der Waals surface area contributed by atoms with E-state index in [9.17, 15) is 8.78 Å². The molecule has 1 aliphatic heterocycles. The number of hydrogen-bond donors (Lipinski definition) is 1. The molecular weight excluding hydrogens is 304 g/mol. The zero-order valence-corrected chi connectivity index (χ0v) is 10.9. The maximum Gasteiger partial charge on any atom is 0.139 e. The number of halogens is 3. The molecule has 3 nitrogen and oxygen atoms in total. The summed E-state index contributed by atoms with van der Waals surface area (Å²) in [6, 6.07) is 3.47. The van der Waals surface area contributed by atoms with Gasteiger partial charge in [-0.05, 0) is 28.4 Å². The molecule has 1 unspecified atom stereocenters. The van der Waals surface area contributed by atoms with Gasteiger partial charge in [-0.25, -0.2) is 13.5 Å². The van der Waals surface area contributed by atoms with E-state index in [1.807, 2.05) is 0 Å². The third-order valence-corrected chi connectivity index (χ3v) is 3.66. The van der Waals surface area contributed by atoms with Gasteiger partial charge in [0.15, 0.2) is 0 Å². The molecule has 6 heteroatoms. The maximum atomic E-state index is 13.8. The van der Waals surface area contributed by atoms with Crippen LogP contribution in [0.5, 0.6) is 0 Å². The number of fused-ring (bicyclic) bond motifs is 1. The van der Waals surface area contributed by atoms with Crippen LogP contribution >= 0.6 is 15.9 Å². The Hall–Kier alpha value is -1.43. The molecule has 3 rings (SSSR count). The Morgan fingerprint density at radius 3 is 3.00 bits per heavy atom. The van der Waals surface area contributed by atoms with Crippen molar-refractivity contribution in [3.05, 3.63) is 46.1 Å². The van der Waals surface area contributed by atoms with Crippen molar-refractivity contribution >= 4 is 21.7 Å². The van der Waals surface area contributed by atoms with E-state index in [2.05, 4.69) is 26.3 Å². The lowest BCUT2D eigenvalue weighted by molar-refractivity contribution is 0.455. The fourth-order valence-corrected chi connectivity index (χ4v) is 2.66. The van der Waals surface area contributed by atoms with Crippen molar-refractivity contribution < 1.29 is 8.78 Å². The fraction of sp³-hybridized carbons (Fsp3) is 0.250. The molecule has 2 aromatic rings. The van der Waals surface area contributed by atoms with E-state index in [4.69, 9.17) is 0 Å². The summed E-state index contributed by atoms with van der Waals surface area (Å²) in [5.74, 6) is -0.262. The first-order valence-corrected chi connectivity index (χ1v) is 6.38. The minimum absolute atomic E-state index is 0.201. The Bertz CT molecular complexity index is 597. The molecule has 1 aliphatic rings. The lowest BCUT2D eigenvalue weighted by atomic mass is 10.0. The van der Waals surface area contributed by atoms with Gasteiger partial charge in [0.25, 0.3) is 0 Å². The minimum atomic E-state index is -0.563. The molecule has 0 fully saturated rings. The molecule has 1 N–H and O–H groups in total. The van der Waals surface area contributed by atoms with Crippen molar-refractivity contribution in [3.63, 3.8) is 0 Å². The summed E-state index contributed by atoms with van der Waals surface area (Å²) in [6.07, 6.45) is 2.38. The number of hydrogen-bond acceptors (Lipinski definition) is 2. The number of rotatable bonds is 1. The quantitative estimate of drug-likeness (QED) is 0.875. The normalized spacial score (nSPS) is 18.3. The predicted octanol–water partition coefficient (Wildman–Crippen LogP) is 3.33. The van der Waals surface area contributed by atoms with Gasteiger partial charge in [-0.3, -0.25) is 0 Å². The third kappa shape index (κ3) is 1.80. The Morgan fingerprint density at radius 2 is 2.22 bits per heavy atom. The summed E-state index contributed by atoms with van der Waals surface area (Å²) in [4.78, 5) is 0. The first-order valence-electron chi connectivity index (χ1n) is 5.58. The second-order valence-corrected chi connectivity index (χ2v) is 5.04. The first kappa shape index (κ1) is 11.6. The second-order valence-electron chi connectivity index (χ2n) is 4.18. The third-order valence-electron chi connectivity index (χ3n) is 3.08.